The molecule has 5 rings (SSSR count). The largest absolute Gasteiger partial charge is 0.0832 e. The van der Waals surface area contributed by atoms with E-state index < -0.39 is 0 Å². The normalized spacial score (nSPS) is 20.5. The smallest absolute Gasteiger partial charge is 0.0204 e. The molecule has 0 nitrogen and oxygen atoms in total. The molecule has 0 fully saturated rings. The van der Waals surface area contributed by atoms with Crippen LogP contribution in [0.2, 0.25) is 0 Å². The maximum absolute atomic E-state index is 2.43. The molecule has 2 atom stereocenters. The van der Waals surface area contributed by atoms with Crippen LogP contribution in [0.15, 0.2) is 121 Å². The molecule has 3 aromatic rings. The minimum atomic E-state index is 0.332. The van der Waals surface area contributed by atoms with E-state index in [4.69, 9.17) is 0 Å². The molecule has 2 unspecified atom stereocenters. The molecule has 0 spiro atoms. The SMILES string of the molecule is C1=CC(c2cccc(C3C=CCC(c4ccccc4)=C3)c2)C=C(c2ccccc2)C1. The molecule has 0 aromatic heterocycles. The number of hydrogen-bond donors (Lipinski definition) is 0. The Morgan fingerprint density at radius 2 is 0.967 bits per heavy atom. The van der Waals surface area contributed by atoms with Gasteiger partial charge in [0.05, 0.1) is 0 Å². The number of allylic oxidation sites excluding steroid dienone is 8. The van der Waals surface area contributed by atoms with Crippen molar-refractivity contribution in [2.45, 2.75) is 24.7 Å². The Labute approximate surface area is 179 Å². The summed E-state index contributed by atoms with van der Waals surface area (Å²) in [5.74, 6) is 0.665. The maximum atomic E-state index is 2.43. The Morgan fingerprint density at radius 3 is 1.43 bits per heavy atom. The fraction of sp³-hybridized carbons (Fsp3) is 0.133. The Hall–Kier alpha value is -3.38. The van der Waals surface area contributed by atoms with E-state index in [1.807, 2.05) is 0 Å². The van der Waals surface area contributed by atoms with E-state index in [1.165, 1.54) is 33.4 Å². The summed E-state index contributed by atoms with van der Waals surface area (Å²) in [7, 11) is 0. The highest BCUT2D eigenvalue weighted by atomic mass is 14.2. The Morgan fingerprint density at radius 1 is 0.500 bits per heavy atom. The quantitative estimate of drug-likeness (QED) is 0.399. The molecule has 0 radical (unpaired) electrons. The van der Waals surface area contributed by atoms with Crippen LogP contribution in [-0.2, 0) is 0 Å². The maximum Gasteiger partial charge on any atom is 0.0204 e. The summed E-state index contributed by atoms with van der Waals surface area (Å²) in [4.78, 5) is 0. The second-order valence-corrected chi connectivity index (χ2v) is 8.10. The van der Waals surface area contributed by atoms with Gasteiger partial charge in [0.1, 0.15) is 0 Å². The molecule has 2 aliphatic rings. The summed E-state index contributed by atoms with van der Waals surface area (Å²) in [6.07, 6.45) is 16.2. The van der Waals surface area contributed by atoms with Crippen LogP contribution in [0.4, 0.5) is 0 Å². The van der Waals surface area contributed by atoms with E-state index in [-0.39, 0.29) is 0 Å². The van der Waals surface area contributed by atoms with Gasteiger partial charge in [0.15, 0.2) is 0 Å². The summed E-state index contributed by atoms with van der Waals surface area (Å²) in [5.41, 5.74) is 8.22. The fourth-order valence-corrected chi connectivity index (χ4v) is 4.48. The first-order chi connectivity index (χ1) is 14.9. The average molecular weight is 387 g/mol. The highest BCUT2D eigenvalue weighted by molar-refractivity contribution is 5.71. The lowest BCUT2D eigenvalue weighted by atomic mass is 9.84. The minimum Gasteiger partial charge on any atom is -0.0832 e. The molecule has 0 amide bonds. The van der Waals surface area contributed by atoms with Gasteiger partial charge < -0.3 is 0 Å². The lowest BCUT2D eigenvalue weighted by molar-refractivity contribution is 1.00. The molecule has 0 saturated heterocycles. The van der Waals surface area contributed by atoms with Crippen molar-refractivity contribution in [1.82, 2.24) is 0 Å². The van der Waals surface area contributed by atoms with Crippen molar-refractivity contribution in [3.8, 4) is 0 Å². The van der Waals surface area contributed by atoms with E-state index in [2.05, 4.69) is 121 Å². The minimum absolute atomic E-state index is 0.332. The number of rotatable bonds is 4. The fourth-order valence-electron chi connectivity index (χ4n) is 4.48. The third-order valence-electron chi connectivity index (χ3n) is 6.09. The highest BCUT2D eigenvalue weighted by Crippen LogP contribution is 2.35. The van der Waals surface area contributed by atoms with E-state index in [0.717, 1.165) is 12.8 Å². The molecular formula is C30H26. The van der Waals surface area contributed by atoms with Gasteiger partial charge in [-0.2, -0.15) is 0 Å². The molecule has 146 valence electrons. The standard InChI is InChI=1S/C30H26/c1-3-10-23(11-4-1)25-14-7-16-27(20-25)29-18-9-19-30(22-29)28-17-8-15-26(21-28)24-12-5-2-6-13-24/h1-13,16-22,27-28H,14-15H2. The van der Waals surface area contributed by atoms with Crippen molar-refractivity contribution < 1.29 is 0 Å². The molecule has 0 aliphatic heterocycles. The van der Waals surface area contributed by atoms with Crippen molar-refractivity contribution in [1.29, 1.82) is 0 Å². The molecule has 2 aliphatic carbocycles. The summed E-state index contributed by atoms with van der Waals surface area (Å²) in [6, 6.07) is 30.6. The van der Waals surface area contributed by atoms with Crippen LogP contribution in [0.5, 0.6) is 0 Å². The van der Waals surface area contributed by atoms with Gasteiger partial charge in [0.2, 0.25) is 0 Å². The summed E-state index contributed by atoms with van der Waals surface area (Å²) >= 11 is 0. The summed E-state index contributed by atoms with van der Waals surface area (Å²) in [6.45, 7) is 0. The second kappa shape index (κ2) is 8.55. The third-order valence-corrected chi connectivity index (χ3v) is 6.09. The van der Waals surface area contributed by atoms with Gasteiger partial charge >= 0.3 is 0 Å². The first-order valence-electron chi connectivity index (χ1n) is 10.8. The zero-order chi connectivity index (χ0) is 20.2. The molecule has 0 bridgehead atoms. The van der Waals surface area contributed by atoms with Crippen molar-refractivity contribution >= 4 is 11.1 Å². The monoisotopic (exact) mass is 386 g/mol. The van der Waals surface area contributed by atoms with Crippen LogP contribution in [0.3, 0.4) is 0 Å². The molecule has 0 heteroatoms. The molecular weight excluding hydrogens is 360 g/mol. The van der Waals surface area contributed by atoms with Gasteiger partial charge in [-0.15, -0.1) is 0 Å². The lowest BCUT2D eigenvalue weighted by Crippen LogP contribution is -2.02. The average Bonchev–Trinajstić information content (AvgIpc) is 2.85. The van der Waals surface area contributed by atoms with Gasteiger partial charge in [-0.05, 0) is 46.2 Å². The van der Waals surface area contributed by atoms with Gasteiger partial charge in [0.25, 0.3) is 0 Å². The predicted octanol–water partition coefficient (Wildman–Crippen LogP) is 7.94. The van der Waals surface area contributed by atoms with Crippen LogP contribution >= 0.6 is 0 Å². The molecule has 30 heavy (non-hydrogen) atoms. The van der Waals surface area contributed by atoms with Gasteiger partial charge in [-0.1, -0.05) is 121 Å². The van der Waals surface area contributed by atoms with E-state index in [1.54, 1.807) is 0 Å². The van der Waals surface area contributed by atoms with Gasteiger partial charge in [-0.25, -0.2) is 0 Å². The lowest BCUT2D eigenvalue weighted by Gasteiger charge is -2.20. The molecule has 3 aromatic carbocycles. The van der Waals surface area contributed by atoms with Crippen LogP contribution in [0.1, 0.15) is 46.9 Å². The van der Waals surface area contributed by atoms with Crippen molar-refractivity contribution in [3.05, 3.63) is 144 Å². The zero-order valence-electron chi connectivity index (χ0n) is 17.1. The highest BCUT2D eigenvalue weighted by Gasteiger charge is 2.16. The van der Waals surface area contributed by atoms with E-state index in [0.29, 0.717) is 11.8 Å². The third kappa shape index (κ3) is 4.00. The molecule has 0 saturated carbocycles. The Bertz CT molecular complexity index is 1040. The number of hydrogen-bond acceptors (Lipinski definition) is 0. The van der Waals surface area contributed by atoms with Crippen LogP contribution in [0, 0.1) is 0 Å². The van der Waals surface area contributed by atoms with Gasteiger partial charge in [-0.3, -0.25) is 0 Å². The van der Waals surface area contributed by atoms with Crippen LogP contribution < -0.4 is 0 Å². The first kappa shape index (κ1) is 18.6. The Kier molecular flexibility index (Phi) is 5.31. The zero-order valence-corrected chi connectivity index (χ0v) is 17.1. The van der Waals surface area contributed by atoms with E-state index >= 15 is 0 Å². The van der Waals surface area contributed by atoms with Crippen LogP contribution in [-0.4, -0.2) is 0 Å². The Balaban J connectivity index is 1.43. The predicted molar refractivity (Wildman–Crippen MR) is 128 cm³/mol. The second-order valence-electron chi connectivity index (χ2n) is 8.10. The molecule has 0 heterocycles. The number of benzene rings is 3. The summed E-state index contributed by atoms with van der Waals surface area (Å²) < 4.78 is 0. The molecule has 0 N–H and O–H groups in total. The topological polar surface area (TPSA) is 0 Å². The van der Waals surface area contributed by atoms with Crippen molar-refractivity contribution in [2.75, 3.05) is 0 Å². The van der Waals surface area contributed by atoms with Crippen LogP contribution in [0.25, 0.3) is 11.1 Å². The van der Waals surface area contributed by atoms with Crippen molar-refractivity contribution in [3.63, 3.8) is 0 Å². The first-order valence-corrected chi connectivity index (χ1v) is 10.8. The van der Waals surface area contributed by atoms with Crippen molar-refractivity contribution in [2.24, 2.45) is 0 Å². The van der Waals surface area contributed by atoms with E-state index in [9.17, 15) is 0 Å². The summed E-state index contributed by atoms with van der Waals surface area (Å²) in [5, 5.41) is 0. The van der Waals surface area contributed by atoms with Gasteiger partial charge in [0, 0.05) is 11.8 Å².